The van der Waals surface area contributed by atoms with Crippen LogP contribution in [0.25, 0.3) is 0 Å². The van der Waals surface area contributed by atoms with Gasteiger partial charge in [-0.1, -0.05) is 6.07 Å². The van der Waals surface area contributed by atoms with Crippen LogP contribution in [0.5, 0.6) is 11.5 Å². The molecule has 0 radical (unpaired) electrons. The van der Waals surface area contributed by atoms with Crippen LogP contribution in [0.1, 0.15) is 10.4 Å². The van der Waals surface area contributed by atoms with Gasteiger partial charge in [0.15, 0.2) is 18.2 Å². The van der Waals surface area contributed by atoms with Gasteiger partial charge in [0.2, 0.25) is 0 Å². The fraction of sp³-hybridized carbons (Fsp3) is 0.167. The van der Waals surface area contributed by atoms with Crippen molar-refractivity contribution in [1.82, 2.24) is 0 Å². The van der Waals surface area contributed by atoms with Gasteiger partial charge in [-0.3, -0.25) is 9.59 Å². The van der Waals surface area contributed by atoms with Crippen LogP contribution in [0.2, 0.25) is 0 Å². The molecule has 0 aromatic heterocycles. The molecular formula is C24H24FN3O4. The van der Waals surface area contributed by atoms with Gasteiger partial charge in [-0.2, -0.15) is 0 Å². The molecule has 8 heteroatoms. The first-order chi connectivity index (χ1) is 15.4. The molecule has 3 aromatic carbocycles. The van der Waals surface area contributed by atoms with Gasteiger partial charge in [0.1, 0.15) is 5.75 Å². The smallest absolute Gasteiger partial charge is 0.262 e. The molecule has 0 unspecified atom stereocenters. The number of nitrogens with one attached hydrogen (secondary N) is 2. The van der Waals surface area contributed by atoms with E-state index in [1.807, 2.05) is 31.1 Å². The number of amides is 2. The van der Waals surface area contributed by atoms with E-state index in [0.29, 0.717) is 16.9 Å². The third-order valence-electron chi connectivity index (χ3n) is 4.54. The van der Waals surface area contributed by atoms with Crippen molar-refractivity contribution in [3.05, 3.63) is 78.1 Å². The number of methoxy groups -OCH3 is 1. The molecule has 166 valence electrons. The summed E-state index contributed by atoms with van der Waals surface area (Å²) in [5.74, 6) is -0.966. The van der Waals surface area contributed by atoms with Crippen molar-refractivity contribution in [3.63, 3.8) is 0 Å². The number of anilines is 3. The van der Waals surface area contributed by atoms with Crippen LogP contribution in [-0.2, 0) is 4.79 Å². The Morgan fingerprint density at radius 3 is 2.25 bits per heavy atom. The van der Waals surface area contributed by atoms with E-state index in [1.165, 1.54) is 19.2 Å². The van der Waals surface area contributed by atoms with Crippen LogP contribution < -0.4 is 25.0 Å². The van der Waals surface area contributed by atoms with Gasteiger partial charge in [-0.05, 0) is 54.6 Å². The fourth-order valence-electron chi connectivity index (χ4n) is 2.87. The fourth-order valence-corrected chi connectivity index (χ4v) is 2.87. The first-order valence-electron chi connectivity index (χ1n) is 9.80. The molecule has 0 saturated carbocycles. The maximum Gasteiger partial charge on any atom is 0.262 e. The van der Waals surface area contributed by atoms with Crippen molar-refractivity contribution >= 4 is 28.9 Å². The molecular weight excluding hydrogens is 413 g/mol. The minimum atomic E-state index is -0.579. The van der Waals surface area contributed by atoms with Crippen molar-refractivity contribution < 1.29 is 23.5 Å². The van der Waals surface area contributed by atoms with Crippen LogP contribution >= 0.6 is 0 Å². The maximum absolute atomic E-state index is 13.7. The zero-order valence-corrected chi connectivity index (χ0v) is 18.0. The first-order valence-corrected chi connectivity index (χ1v) is 9.80. The van der Waals surface area contributed by atoms with E-state index < -0.39 is 11.7 Å². The molecule has 0 fully saturated rings. The summed E-state index contributed by atoms with van der Waals surface area (Å²) in [6.45, 7) is -0.305. The SMILES string of the molecule is COc1ccc(OCC(=O)Nc2cccc(NC(=O)c3ccc(N(C)C)cc3)c2)cc1F. The van der Waals surface area contributed by atoms with Crippen LogP contribution in [0.4, 0.5) is 21.5 Å². The lowest BCUT2D eigenvalue weighted by molar-refractivity contribution is -0.118. The van der Waals surface area contributed by atoms with E-state index in [0.717, 1.165) is 11.8 Å². The van der Waals surface area contributed by atoms with Crippen molar-refractivity contribution in [2.45, 2.75) is 0 Å². The third-order valence-corrected chi connectivity index (χ3v) is 4.54. The van der Waals surface area contributed by atoms with Crippen molar-refractivity contribution in [2.75, 3.05) is 43.3 Å². The number of benzene rings is 3. The van der Waals surface area contributed by atoms with E-state index >= 15 is 0 Å². The quantitative estimate of drug-likeness (QED) is 0.553. The summed E-state index contributed by atoms with van der Waals surface area (Å²) < 4.78 is 23.9. The molecule has 0 aliphatic carbocycles. The lowest BCUT2D eigenvalue weighted by Crippen LogP contribution is -2.20. The summed E-state index contributed by atoms with van der Waals surface area (Å²) in [6, 6.07) is 18.0. The Kier molecular flexibility index (Phi) is 7.28. The Morgan fingerprint density at radius 2 is 1.62 bits per heavy atom. The molecule has 0 aliphatic rings. The summed E-state index contributed by atoms with van der Waals surface area (Å²) in [7, 11) is 5.22. The van der Waals surface area contributed by atoms with Gasteiger partial charge < -0.3 is 25.0 Å². The van der Waals surface area contributed by atoms with E-state index in [2.05, 4.69) is 10.6 Å². The Balaban J connectivity index is 1.56. The lowest BCUT2D eigenvalue weighted by atomic mass is 10.2. The van der Waals surface area contributed by atoms with Gasteiger partial charge in [-0.25, -0.2) is 4.39 Å². The number of nitrogens with zero attached hydrogens (tertiary/aromatic N) is 1. The van der Waals surface area contributed by atoms with Gasteiger partial charge >= 0.3 is 0 Å². The minimum absolute atomic E-state index is 0.0920. The Morgan fingerprint density at radius 1 is 0.938 bits per heavy atom. The molecule has 32 heavy (non-hydrogen) atoms. The predicted octanol–water partition coefficient (Wildman–Crippen LogP) is 4.17. The van der Waals surface area contributed by atoms with Crippen LogP contribution in [-0.4, -0.2) is 39.6 Å². The van der Waals surface area contributed by atoms with Crippen LogP contribution in [0.3, 0.4) is 0 Å². The predicted molar refractivity (Wildman–Crippen MR) is 122 cm³/mol. The average molecular weight is 437 g/mol. The van der Waals surface area contributed by atoms with E-state index in [1.54, 1.807) is 36.4 Å². The number of rotatable bonds is 8. The summed E-state index contributed by atoms with van der Waals surface area (Å²) in [5, 5.41) is 5.49. The van der Waals surface area contributed by atoms with Crippen molar-refractivity contribution in [1.29, 1.82) is 0 Å². The molecule has 2 amide bonds. The highest BCUT2D eigenvalue weighted by molar-refractivity contribution is 6.05. The summed E-state index contributed by atoms with van der Waals surface area (Å²) in [4.78, 5) is 26.6. The zero-order chi connectivity index (χ0) is 23.1. The largest absolute Gasteiger partial charge is 0.494 e. The summed E-state index contributed by atoms with van der Waals surface area (Å²) in [6.07, 6.45) is 0. The molecule has 0 saturated heterocycles. The first kappa shape index (κ1) is 22.6. The van der Waals surface area contributed by atoms with Crippen LogP contribution in [0, 0.1) is 5.82 Å². The highest BCUT2D eigenvalue weighted by Gasteiger charge is 2.10. The van der Waals surface area contributed by atoms with Crippen LogP contribution in [0.15, 0.2) is 66.7 Å². The average Bonchev–Trinajstić information content (AvgIpc) is 2.78. The van der Waals surface area contributed by atoms with Gasteiger partial charge in [0.05, 0.1) is 7.11 Å². The molecule has 3 rings (SSSR count). The molecule has 0 bridgehead atoms. The van der Waals surface area contributed by atoms with E-state index in [9.17, 15) is 14.0 Å². The Labute approximate surface area is 185 Å². The van der Waals surface area contributed by atoms with Gasteiger partial charge in [0.25, 0.3) is 11.8 Å². The number of halogens is 1. The highest BCUT2D eigenvalue weighted by atomic mass is 19.1. The Hall–Kier alpha value is -4.07. The molecule has 0 spiro atoms. The van der Waals surface area contributed by atoms with Gasteiger partial charge in [0, 0.05) is 42.8 Å². The second-order valence-corrected chi connectivity index (χ2v) is 7.11. The van der Waals surface area contributed by atoms with E-state index in [-0.39, 0.29) is 24.0 Å². The second kappa shape index (κ2) is 10.3. The molecule has 0 aliphatic heterocycles. The monoisotopic (exact) mass is 437 g/mol. The third kappa shape index (κ3) is 5.98. The second-order valence-electron chi connectivity index (χ2n) is 7.11. The Bertz CT molecular complexity index is 1100. The molecule has 3 aromatic rings. The normalized spacial score (nSPS) is 10.2. The van der Waals surface area contributed by atoms with Crippen molar-refractivity contribution in [2.24, 2.45) is 0 Å². The number of hydrogen-bond donors (Lipinski definition) is 2. The number of carbonyl (C=O) groups excluding carboxylic acids is 2. The number of hydrogen-bond acceptors (Lipinski definition) is 5. The summed E-state index contributed by atoms with van der Waals surface area (Å²) >= 11 is 0. The van der Waals surface area contributed by atoms with Crippen molar-refractivity contribution in [3.8, 4) is 11.5 Å². The molecule has 7 nitrogen and oxygen atoms in total. The highest BCUT2D eigenvalue weighted by Crippen LogP contribution is 2.22. The topological polar surface area (TPSA) is 79.9 Å². The molecule has 0 atom stereocenters. The standard InChI is InChI=1S/C24H24FN3O4/c1-28(2)19-9-7-16(8-10-19)24(30)27-18-6-4-5-17(13-18)26-23(29)15-32-20-11-12-22(31-3)21(25)14-20/h4-14H,15H2,1-3H3,(H,26,29)(H,27,30). The molecule has 0 heterocycles. The molecule has 2 N–H and O–H groups in total. The maximum atomic E-state index is 13.7. The zero-order valence-electron chi connectivity index (χ0n) is 18.0. The number of ether oxygens (including phenoxy) is 2. The van der Waals surface area contributed by atoms with E-state index in [4.69, 9.17) is 9.47 Å². The summed E-state index contributed by atoms with van der Waals surface area (Å²) in [5.41, 5.74) is 2.53. The number of carbonyl (C=O) groups is 2. The minimum Gasteiger partial charge on any atom is -0.494 e. The lowest BCUT2D eigenvalue weighted by Gasteiger charge is -2.13. The van der Waals surface area contributed by atoms with Gasteiger partial charge in [-0.15, -0.1) is 0 Å².